The van der Waals surface area contributed by atoms with Gasteiger partial charge in [-0.25, -0.2) is 0 Å². The molecule has 1 aromatic carbocycles. The molecule has 0 bridgehead atoms. The fourth-order valence-corrected chi connectivity index (χ4v) is 2.58. The Morgan fingerprint density at radius 2 is 1.94 bits per heavy atom. The maximum atomic E-state index is 5.37. The van der Waals surface area contributed by atoms with E-state index >= 15 is 0 Å². The molecule has 2 rings (SSSR count). The number of ether oxygens (including phenoxy) is 1. The second kappa shape index (κ2) is 6.79. The molecule has 1 aromatic rings. The SMILES string of the molecule is S=C(S/C=C/c1ccccc1)N1CCOCC1. The van der Waals surface area contributed by atoms with Gasteiger partial charge in [0.15, 0.2) is 0 Å². The smallest absolute Gasteiger partial charge is 0.140 e. The second-order valence-corrected chi connectivity index (χ2v) is 5.24. The maximum absolute atomic E-state index is 5.37. The molecule has 1 heterocycles. The molecule has 1 fully saturated rings. The lowest BCUT2D eigenvalue weighted by Gasteiger charge is -2.27. The quantitative estimate of drug-likeness (QED) is 0.762. The molecule has 1 saturated heterocycles. The highest BCUT2D eigenvalue weighted by atomic mass is 32.2. The van der Waals surface area contributed by atoms with Crippen LogP contribution in [-0.2, 0) is 4.74 Å². The zero-order valence-electron chi connectivity index (χ0n) is 9.54. The number of thiocarbonyl (C=S) groups is 1. The summed E-state index contributed by atoms with van der Waals surface area (Å²) in [6.07, 6.45) is 2.08. The van der Waals surface area contributed by atoms with Crippen molar-refractivity contribution in [3.63, 3.8) is 0 Å². The van der Waals surface area contributed by atoms with Crippen LogP contribution in [0.25, 0.3) is 6.08 Å². The number of morpholine rings is 1. The Kier molecular flexibility index (Phi) is 5.04. The summed E-state index contributed by atoms with van der Waals surface area (Å²) in [5.74, 6) is 0. The van der Waals surface area contributed by atoms with Gasteiger partial charge in [0.25, 0.3) is 0 Å². The van der Waals surface area contributed by atoms with Crippen LogP contribution in [0.2, 0.25) is 0 Å². The van der Waals surface area contributed by atoms with E-state index in [0.29, 0.717) is 0 Å². The predicted octanol–water partition coefficient (Wildman–Crippen LogP) is 3.01. The zero-order valence-corrected chi connectivity index (χ0v) is 11.2. The minimum Gasteiger partial charge on any atom is -0.378 e. The molecular weight excluding hydrogens is 250 g/mol. The van der Waals surface area contributed by atoms with E-state index < -0.39 is 0 Å². The third-order valence-corrected chi connectivity index (χ3v) is 3.78. The van der Waals surface area contributed by atoms with Crippen molar-refractivity contribution >= 4 is 34.4 Å². The monoisotopic (exact) mass is 265 g/mol. The van der Waals surface area contributed by atoms with Crippen molar-refractivity contribution in [2.75, 3.05) is 26.3 Å². The molecule has 0 atom stereocenters. The van der Waals surface area contributed by atoms with Gasteiger partial charge in [-0.2, -0.15) is 0 Å². The van der Waals surface area contributed by atoms with E-state index in [1.807, 2.05) is 23.6 Å². The van der Waals surface area contributed by atoms with Gasteiger partial charge in [0, 0.05) is 13.1 Å². The molecule has 0 amide bonds. The molecule has 17 heavy (non-hydrogen) atoms. The van der Waals surface area contributed by atoms with Crippen LogP contribution in [0.1, 0.15) is 5.56 Å². The Morgan fingerprint density at radius 1 is 1.24 bits per heavy atom. The van der Waals surface area contributed by atoms with Crippen molar-refractivity contribution in [1.29, 1.82) is 0 Å². The lowest BCUT2D eigenvalue weighted by molar-refractivity contribution is 0.0702. The maximum Gasteiger partial charge on any atom is 0.140 e. The Labute approximate surface area is 112 Å². The van der Waals surface area contributed by atoms with Crippen LogP contribution in [0.15, 0.2) is 35.7 Å². The number of thioether (sulfide) groups is 1. The Morgan fingerprint density at radius 3 is 2.65 bits per heavy atom. The van der Waals surface area contributed by atoms with Crippen molar-refractivity contribution in [1.82, 2.24) is 4.90 Å². The molecule has 0 radical (unpaired) electrons. The summed E-state index contributed by atoms with van der Waals surface area (Å²) < 4.78 is 6.23. The summed E-state index contributed by atoms with van der Waals surface area (Å²) in [5, 5.41) is 2.05. The van der Waals surface area contributed by atoms with Gasteiger partial charge in [-0.05, 0) is 17.0 Å². The number of nitrogens with zero attached hydrogens (tertiary/aromatic N) is 1. The van der Waals surface area contributed by atoms with Gasteiger partial charge in [-0.15, -0.1) is 0 Å². The van der Waals surface area contributed by atoms with E-state index in [1.165, 1.54) is 5.56 Å². The first-order valence-corrected chi connectivity index (χ1v) is 6.90. The molecule has 0 spiro atoms. The van der Waals surface area contributed by atoms with Crippen molar-refractivity contribution < 1.29 is 4.74 Å². The summed E-state index contributed by atoms with van der Waals surface area (Å²) in [5.41, 5.74) is 1.20. The summed E-state index contributed by atoms with van der Waals surface area (Å²) >= 11 is 6.97. The molecular formula is C13H15NOS2. The van der Waals surface area contributed by atoms with Crippen LogP contribution in [0.5, 0.6) is 0 Å². The van der Waals surface area contributed by atoms with Crippen LogP contribution in [0.3, 0.4) is 0 Å². The molecule has 1 aliphatic heterocycles. The second-order valence-electron chi connectivity index (χ2n) is 3.70. The Hall–Kier alpha value is -0.840. The van der Waals surface area contributed by atoms with Crippen LogP contribution >= 0.6 is 24.0 Å². The first-order chi connectivity index (χ1) is 8.36. The van der Waals surface area contributed by atoms with Gasteiger partial charge >= 0.3 is 0 Å². The minimum atomic E-state index is 0.781. The molecule has 90 valence electrons. The topological polar surface area (TPSA) is 12.5 Å². The molecule has 0 aromatic heterocycles. The lowest BCUT2D eigenvalue weighted by atomic mass is 10.2. The number of rotatable bonds is 2. The van der Waals surface area contributed by atoms with E-state index in [-0.39, 0.29) is 0 Å². The predicted molar refractivity (Wildman–Crippen MR) is 78.1 cm³/mol. The van der Waals surface area contributed by atoms with Crippen LogP contribution in [0.4, 0.5) is 0 Å². The fraction of sp³-hybridized carbons (Fsp3) is 0.308. The first kappa shape index (κ1) is 12.6. The van der Waals surface area contributed by atoms with E-state index in [1.54, 1.807) is 11.8 Å². The highest BCUT2D eigenvalue weighted by Gasteiger charge is 2.12. The van der Waals surface area contributed by atoms with E-state index in [9.17, 15) is 0 Å². The largest absolute Gasteiger partial charge is 0.378 e. The van der Waals surface area contributed by atoms with Crippen molar-refractivity contribution in [2.45, 2.75) is 0 Å². The minimum absolute atomic E-state index is 0.781. The van der Waals surface area contributed by atoms with Crippen molar-refractivity contribution in [3.05, 3.63) is 41.3 Å². The third-order valence-electron chi connectivity index (χ3n) is 2.50. The summed E-state index contributed by atoms with van der Waals surface area (Å²) in [7, 11) is 0. The first-order valence-electron chi connectivity index (χ1n) is 5.61. The number of benzene rings is 1. The van der Waals surface area contributed by atoms with Gasteiger partial charge in [0.05, 0.1) is 13.2 Å². The van der Waals surface area contributed by atoms with Gasteiger partial charge in [0.1, 0.15) is 4.32 Å². The highest BCUT2D eigenvalue weighted by molar-refractivity contribution is 8.24. The zero-order chi connectivity index (χ0) is 11.9. The Bertz CT molecular complexity index is 386. The van der Waals surface area contributed by atoms with Crippen LogP contribution in [-0.4, -0.2) is 35.5 Å². The van der Waals surface area contributed by atoms with E-state index in [0.717, 1.165) is 30.6 Å². The van der Waals surface area contributed by atoms with Gasteiger partial charge in [0.2, 0.25) is 0 Å². The summed E-state index contributed by atoms with van der Waals surface area (Å²) in [6.45, 7) is 3.38. The third kappa shape index (κ3) is 4.15. The molecule has 0 unspecified atom stereocenters. The summed E-state index contributed by atoms with van der Waals surface area (Å²) in [6, 6.07) is 10.2. The molecule has 4 heteroatoms. The van der Waals surface area contributed by atoms with Crippen molar-refractivity contribution in [3.8, 4) is 0 Å². The van der Waals surface area contributed by atoms with Crippen LogP contribution < -0.4 is 0 Å². The molecule has 0 aliphatic carbocycles. The van der Waals surface area contributed by atoms with E-state index in [4.69, 9.17) is 17.0 Å². The molecule has 1 aliphatic rings. The van der Waals surface area contributed by atoms with Gasteiger partial charge in [-0.1, -0.05) is 54.3 Å². The molecule has 2 nitrogen and oxygen atoms in total. The van der Waals surface area contributed by atoms with Gasteiger partial charge < -0.3 is 9.64 Å². The highest BCUT2D eigenvalue weighted by Crippen LogP contribution is 2.14. The van der Waals surface area contributed by atoms with Gasteiger partial charge in [-0.3, -0.25) is 0 Å². The average molecular weight is 265 g/mol. The normalized spacial score (nSPS) is 16.4. The van der Waals surface area contributed by atoms with Crippen molar-refractivity contribution in [2.24, 2.45) is 0 Å². The molecule has 0 N–H and O–H groups in total. The molecule has 0 saturated carbocycles. The summed E-state index contributed by atoms with van der Waals surface area (Å²) in [4.78, 5) is 2.19. The fourth-order valence-electron chi connectivity index (χ4n) is 1.56. The van der Waals surface area contributed by atoms with E-state index in [2.05, 4.69) is 23.1 Å². The average Bonchev–Trinajstić information content (AvgIpc) is 2.41. The lowest BCUT2D eigenvalue weighted by Crippen LogP contribution is -2.38. The Balaban J connectivity index is 1.81. The standard InChI is InChI=1S/C13H15NOS2/c16-13(14-7-9-15-10-8-14)17-11-6-12-4-2-1-3-5-12/h1-6,11H,7-10H2/b11-6+. The van der Waals surface area contributed by atoms with Crippen LogP contribution in [0, 0.1) is 0 Å². The number of hydrogen-bond donors (Lipinski definition) is 0. The number of hydrogen-bond acceptors (Lipinski definition) is 3.